The van der Waals surface area contributed by atoms with Crippen LogP contribution < -0.4 is 4.90 Å². The largest absolute Gasteiger partial charge is 0.393 e. The van der Waals surface area contributed by atoms with Gasteiger partial charge in [0.2, 0.25) is 11.8 Å². The maximum atomic E-state index is 12.6. The number of nitrogens with zero attached hydrogens (tertiary/aromatic N) is 1. The minimum absolute atomic E-state index is 0. The molecule has 4 rings (SSSR count). The number of imide groups is 1. The third-order valence-corrected chi connectivity index (χ3v) is 4.42. The summed E-state index contributed by atoms with van der Waals surface area (Å²) in [6, 6.07) is 8.88. The molecule has 21 heavy (non-hydrogen) atoms. The van der Waals surface area contributed by atoms with E-state index in [1.165, 1.54) is 4.90 Å². The molecule has 4 atom stereocenters. The summed E-state index contributed by atoms with van der Waals surface area (Å²) < 4.78 is 5.67. The fourth-order valence-corrected chi connectivity index (χ4v) is 3.52. The summed E-state index contributed by atoms with van der Waals surface area (Å²) in [5.74, 6) is -1.65. The number of hydrogen-bond donors (Lipinski definition) is 1. The van der Waals surface area contributed by atoms with Gasteiger partial charge in [-0.05, 0) is 12.1 Å². The maximum absolute atomic E-state index is 12.6. The summed E-state index contributed by atoms with van der Waals surface area (Å²) in [4.78, 5) is 26.4. The minimum atomic E-state index is -1.02. The minimum Gasteiger partial charge on any atom is -0.393 e. The second-order valence-electron chi connectivity index (χ2n) is 5.41. The van der Waals surface area contributed by atoms with Gasteiger partial charge in [-0.2, -0.15) is 0 Å². The molecule has 1 aromatic carbocycles. The van der Waals surface area contributed by atoms with Gasteiger partial charge in [0.15, 0.2) is 0 Å². The highest BCUT2D eigenvalue weighted by atomic mass is 16.5. The molecule has 110 valence electrons. The standard InChI is InChI=1S/C15H13NO4.CH4/c17-8-15-7-6-10(20-15)11-12(15)14(19)16(13(11)18)9-4-2-1-3-5-9;/h1-7,10-12,17H,8H2;1H4. The molecule has 2 amide bonds. The van der Waals surface area contributed by atoms with Crippen molar-refractivity contribution in [2.75, 3.05) is 11.5 Å². The van der Waals surface area contributed by atoms with E-state index in [2.05, 4.69) is 0 Å². The number of carbonyl (C=O) groups is 2. The number of amides is 2. The van der Waals surface area contributed by atoms with E-state index in [-0.39, 0.29) is 25.8 Å². The van der Waals surface area contributed by atoms with Gasteiger partial charge in [-0.3, -0.25) is 9.59 Å². The van der Waals surface area contributed by atoms with E-state index < -0.39 is 23.5 Å². The highest BCUT2D eigenvalue weighted by Gasteiger charge is 2.67. The summed E-state index contributed by atoms with van der Waals surface area (Å²) in [7, 11) is 0. The summed E-state index contributed by atoms with van der Waals surface area (Å²) in [6.07, 6.45) is 3.09. The van der Waals surface area contributed by atoms with E-state index >= 15 is 0 Å². The van der Waals surface area contributed by atoms with Gasteiger partial charge < -0.3 is 9.84 Å². The smallest absolute Gasteiger partial charge is 0.241 e. The van der Waals surface area contributed by atoms with Crippen molar-refractivity contribution in [2.45, 2.75) is 19.1 Å². The average molecular weight is 287 g/mol. The first-order chi connectivity index (χ1) is 9.68. The van der Waals surface area contributed by atoms with E-state index in [4.69, 9.17) is 4.74 Å². The lowest BCUT2D eigenvalue weighted by molar-refractivity contribution is -0.128. The predicted octanol–water partition coefficient (Wildman–Crippen LogP) is 1.13. The highest BCUT2D eigenvalue weighted by molar-refractivity contribution is 6.23. The Morgan fingerprint density at radius 1 is 1.19 bits per heavy atom. The van der Waals surface area contributed by atoms with Crippen LogP contribution in [0.1, 0.15) is 7.43 Å². The molecule has 0 aromatic heterocycles. The zero-order chi connectivity index (χ0) is 13.9. The van der Waals surface area contributed by atoms with Gasteiger partial charge in [0.25, 0.3) is 0 Å². The number of rotatable bonds is 2. The van der Waals surface area contributed by atoms with E-state index in [0.717, 1.165) is 0 Å². The molecule has 5 nitrogen and oxygen atoms in total. The number of anilines is 1. The number of benzene rings is 1. The molecule has 4 unspecified atom stereocenters. The monoisotopic (exact) mass is 287 g/mol. The molecule has 3 aliphatic rings. The summed E-state index contributed by atoms with van der Waals surface area (Å²) >= 11 is 0. The molecular formula is C16H17NO4. The van der Waals surface area contributed by atoms with Crippen LogP contribution in [-0.2, 0) is 14.3 Å². The van der Waals surface area contributed by atoms with Crippen LogP contribution in [0, 0.1) is 11.8 Å². The molecule has 0 saturated carbocycles. The summed E-state index contributed by atoms with van der Waals surface area (Å²) in [5, 5.41) is 9.59. The van der Waals surface area contributed by atoms with Crippen LogP contribution in [0.4, 0.5) is 5.69 Å². The van der Waals surface area contributed by atoms with Crippen molar-refractivity contribution in [3.05, 3.63) is 42.5 Å². The molecule has 0 aliphatic carbocycles. The van der Waals surface area contributed by atoms with Gasteiger partial charge in [0, 0.05) is 0 Å². The lowest BCUT2D eigenvalue weighted by atomic mass is 9.77. The van der Waals surface area contributed by atoms with Crippen molar-refractivity contribution in [1.82, 2.24) is 0 Å². The molecule has 1 N–H and O–H groups in total. The zero-order valence-corrected chi connectivity index (χ0v) is 10.6. The van der Waals surface area contributed by atoms with Crippen molar-refractivity contribution >= 4 is 17.5 Å². The number of hydrogen-bond acceptors (Lipinski definition) is 4. The van der Waals surface area contributed by atoms with Crippen LogP contribution >= 0.6 is 0 Å². The van der Waals surface area contributed by atoms with Gasteiger partial charge in [-0.1, -0.05) is 37.8 Å². The Morgan fingerprint density at radius 2 is 1.90 bits per heavy atom. The Morgan fingerprint density at radius 3 is 2.57 bits per heavy atom. The normalized spacial score (nSPS) is 36.0. The van der Waals surface area contributed by atoms with Crippen molar-refractivity contribution in [3.63, 3.8) is 0 Å². The molecule has 5 heteroatoms. The average Bonchev–Trinajstić information content (AvgIpc) is 3.11. The molecule has 2 saturated heterocycles. The molecule has 3 aliphatic heterocycles. The number of aliphatic hydroxyl groups excluding tert-OH is 1. The number of ether oxygens (including phenoxy) is 1. The van der Waals surface area contributed by atoms with Gasteiger partial charge in [0.1, 0.15) is 5.60 Å². The molecule has 2 fully saturated rings. The highest BCUT2D eigenvalue weighted by Crippen LogP contribution is 2.52. The lowest BCUT2D eigenvalue weighted by Gasteiger charge is -2.26. The van der Waals surface area contributed by atoms with Crippen LogP contribution in [0.3, 0.4) is 0 Å². The van der Waals surface area contributed by atoms with Gasteiger partial charge >= 0.3 is 0 Å². The van der Waals surface area contributed by atoms with E-state index in [9.17, 15) is 14.7 Å². The zero-order valence-electron chi connectivity index (χ0n) is 10.6. The number of aliphatic hydroxyl groups is 1. The van der Waals surface area contributed by atoms with Crippen LogP contribution in [0.25, 0.3) is 0 Å². The summed E-state index contributed by atoms with van der Waals surface area (Å²) in [6.45, 7) is -0.289. The molecule has 2 bridgehead atoms. The third-order valence-electron chi connectivity index (χ3n) is 4.42. The maximum Gasteiger partial charge on any atom is 0.241 e. The third kappa shape index (κ3) is 1.58. The number of para-hydroxylation sites is 1. The first-order valence-corrected chi connectivity index (χ1v) is 6.59. The predicted molar refractivity (Wildman–Crippen MR) is 76.5 cm³/mol. The molecule has 0 radical (unpaired) electrons. The second kappa shape index (κ2) is 4.51. The van der Waals surface area contributed by atoms with E-state index in [0.29, 0.717) is 5.69 Å². The lowest BCUT2D eigenvalue weighted by Crippen LogP contribution is -2.43. The van der Waals surface area contributed by atoms with E-state index in [1.807, 2.05) is 6.07 Å². The van der Waals surface area contributed by atoms with Crippen molar-refractivity contribution in [2.24, 2.45) is 11.8 Å². The molecule has 0 spiro atoms. The Kier molecular flexibility index (Phi) is 3.00. The summed E-state index contributed by atoms with van der Waals surface area (Å²) in [5.41, 5.74) is -0.449. The van der Waals surface area contributed by atoms with Crippen molar-refractivity contribution < 1.29 is 19.4 Å². The van der Waals surface area contributed by atoms with Crippen LogP contribution in [0.5, 0.6) is 0 Å². The fourth-order valence-electron chi connectivity index (χ4n) is 3.52. The quantitative estimate of drug-likeness (QED) is 0.654. The molecule has 1 aromatic rings. The molecule has 3 heterocycles. The first-order valence-electron chi connectivity index (χ1n) is 6.59. The fraction of sp³-hybridized carbons (Fsp3) is 0.375. The number of carbonyl (C=O) groups excluding carboxylic acids is 2. The molecular weight excluding hydrogens is 270 g/mol. The van der Waals surface area contributed by atoms with Gasteiger partial charge in [-0.25, -0.2) is 4.90 Å². The topological polar surface area (TPSA) is 66.8 Å². The van der Waals surface area contributed by atoms with Crippen LogP contribution in [-0.4, -0.2) is 35.2 Å². The first kappa shape index (κ1) is 14.0. The SMILES string of the molecule is C.O=C1C2C3C=CC(CO)(O3)C2C(=O)N1c1ccccc1. The Bertz CT molecular complexity index is 626. The van der Waals surface area contributed by atoms with Crippen molar-refractivity contribution in [3.8, 4) is 0 Å². The van der Waals surface area contributed by atoms with Gasteiger partial charge in [-0.15, -0.1) is 0 Å². The Balaban J connectivity index is 0.00000132. The van der Waals surface area contributed by atoms with Crippen molar-refractivity contribution in [1.29, 1.82) is 0 Å². The van der Waals surface area contributed by atoms with Gasteiger partial charge in [0.05, 0.1) is 30.2 Å². The second-order valence-corrected chi connectivity index (χ2v) is 5.41. The van der Waals surface area contributed by atoms with Crippen LogP contribution in [0.15, 0.2) is 42.5 Å². The van der Waals surface area contributed by atoms with E-state index in [1.54, 1.807) is 36.4 Å². The van der Waals surface area contributed by atoms with Crippen LogP contribution in [0.2, 0.25) is 0 Å². The number of fused-ring (bicyclic) bond motifs is 5. The Labute approximate surface area is 122 Å². The Hall–Kier alpha value is -1.98.